The number of nitrogens with zero attached hydrogens (tertiary/aromatic N) is 4. The normalized spacial score (nSPS) is 13.2. The monoisotopic (exact) mass is 493 g/mol. The maximum atomic E-state index is 12.9. The van der Waals surface area contributed by atoms with Crippen molar-refractivity contribution in [2.75, 3.05) is 22.1 Å². The lowest BCUT2D eigenvalue weighted by Crippen LogP contribution is -2.49. The Balaban J connectivity index is 1.28. The molecule has 2 aromatic heterocycles. The molecule has 10 heteroatoms. The van der Waals surface area contributed by atoms with Crippen LogP contribution >= 0.6 is 0 Å². The van der Waals surface area contributed by atoms with Gasteiger partial charge in [0, 0.05) is 59.7 Å². The molecule has 37 heavy (non-hydrogen) atoms. The summed E-state index contributed by atoms with van der Waals surface area (Å²) < 4.78 is 0. The maximum absolute atomic E-state index is 12.9. The van der Waals surface area contributed by atoms with Gasteiger partial charge in [-0.05, 0) is 67.1 Å². The van der Waals surface area contributed by atoms with Crippen LogP contribution in [0, 0.1) is 6.92 Å². The molecule has 10 nitrogen and oxygen atoms in total. The van der Waals surface area contributed by atoms with Crippen molar-refractivity contribution in [3.8, 4) is 11.3 Å². The van der Waals surface area contributed by atoms with E-state index in [2.05, 4.69) is 30.9 Å². The molecule has 1 saturated heterocycles. The highest BCUT2D eigenvalue weighted by Gasteiger charge is 2.24. The van der Waals surface area contributed by atoms with Gasteiger partial charge < -0.3 is 10.6 Å². The number of aromatic nitrogens is 3. The fourth-order valence-electron chi connectivity index (χ4n) is 3.86. The van der Waals surface area contributed by atoms with Gasteiger partial charge in [-0.15, -0.1) is 0 Å². The number of rotatable bonds is 6. The topological polar surface area (TPSA) is 129 Å². The lowest BCUT2D eigenvalue weighted by molar-refractivity contribution is -0.120. The molecule has 0 atom stereocenters. The van der Waals surface area contributed by atoms with Crippen molar-refractivity contribution in [3.05, 3.63) is 90.4 Å². The van der Waals surface area contributed by atoms with Gasteiger partial charge in [0.15, 0.2) is 0 Å². The zero-order valence-corrected chi connectivity index (χ0v) is 19.9. The van der Waals surface area contributed by atoms with Crippen molar-refractivity contribution in [2.45, 2.75) is 13.3 Å². The van der Waals surface area contributed by atoms with Crippen LogP contribution in [0.3, 0.4) is 0 Å². The molecule has 0 bridgehead atoms. The average Bonchev–Trinajstić information content (AvgIpc) is 2.91. The predicted octanol–water partition coefficient (Wildman–Crippen LogP) is 4.29. The van der Waals surface area contributed by atoms with Crippen LogP contribution < -0.4 is 20.9 Å². The number of hydrogen-bond donors (Lipinski definition) is 3. The molecule has 184 valence electrons. The molecule has 5 rings (SSSR count). The summed E-state index contributed by atoms with van der Waals surface area (Å²) in [5, 5.41) is 8.41. The van der Waals surface area contributed by atoms with Crippen LogP contribution in [0.25, 0.3) is 11.3 Å². The van der Waals surface area contributed by atoms with E-state index in [9.17, 15) is 14.4 Å². The van der Waals surface area contributed by atoms with Crippen molar-refractivity contribution in [3.63, 3.8) is 0 Å². The van der Waals surface area contributed by atoms with Gasteiger partial charge in [-0.3, -0.25) is 24.8 Å². The number of carbonyl (C=O) groups excluding carboxylic acids is 3. The molecular weight excluding hydrogens is 470 g/mol. The minimum atomic E-state index is -0.469. The minimum Gasteiger partial charge on any atom is -0.324 e. The summed E-state index contributed by atoms with van der Waals surface area (Å²) in [7, 11) is 0. The zero-order valence-electron chi connectivity index (χ0n) is 19.9. The van der Waals surface area contributed by atoms with Gasteiger partial charge in [0.25, 0.3) is 5.91 Å². The number of imide groups is 1. The Hall–Kier alpha value is -5.12. The number of carbonyl (C=O) groups is 3. The molecule has 0 aliphatic carbocycles. The van der Waals surface area contributed by atoms with Crippen molar-refractivity contribution >= 4 is 40.9 Å². The van der Waals surface area contributed by atoms with Crippen LogP contribution in [0.2, 0.25) is 0 Å². The van der Waals surface area contributed by atoms with Gasteiger partial charge >= 0.3 is 6.03 Å². The van der Waals surface area contributed by atoms with Crippen LogP contribution in [-0.2, 0) is 4.79 Å². The molecular formula is C27H23N7O3. The first-order valence-electron chi connectivity index (χ1n) is 11.6. The second-order valence-corrected chi connectivity index (χ2v) is 8.42. The van der Waals surface area contributed by atoms with Crippen molar-refractivity contribution in [1.82, 2.24) is 20.3 Å². The molecule has 1 fully saturated rings. The van der Waals surface area contributed by atoms with E-state index in [0.717, 1.165) is 22.5 Å². The fraction of sp³-hybridized carbons (Fsp3) is 0.111. The van der Waals surface area contributed by atoms with E-state index < -0.39 is 6.03 Å². The second-order valence-electron chi connectivity index (χ2n) is 8.42. The van der Waals surface area contributed by atoms with Gasteiger partial charge in [0.2, 0.25) is 11.9 Å². The highest BCUT2D eigenvalue weighted by molar-refractivity contribution is 6.07. The summed E-state index contributed by atoms with van der Waals surface area (Å²) in [4.78, 5) is 50.8. The Kier molecular flexibility index (Phi) is 6.54. The van der Waals surface area contributed by atoms with Crippen molar-refractivity contribution < 1.29 is 14.4 Å². The molecule has 2 aromatic carbocycles. The van der Waals surface area contributed by atoms with Gasteiger partial charge in [0.1, 0.15) is 0 Å². The molecule has 0 saturated carbocycles. The summed E-state index contributed by atoms with van der Waals surface area (Å²) >= 11 is 0. The van der Waals surface area contributed by atoms with Crippen molar-refractivity contribution in [2.24, 2.45) is 0 Å². The van der Waals surface area contributed by atoms with E-state index in [1.807, 2.05) is 43.3 Å². The van der Waals surface area contributed by atoms with E-state index >= 15 is 0 Å². The Bertz CT molecular complexity index is 1470. The third kappa shape index (κ3) is 5.43. The Labute approximate surface area is 212 Å². The number of nitrogens with one attached hydrogen (secondary N) is 3. The highest BCUT2D eigenvalue weighted by Crippen LogP contribution is 2.25. The second kappa shape index (κ2) is 10.2. The standard InChI is InChI=1S/C27H23N7O3/c1-17-4-7-20(15-23(17)32-26-29-13-10-22(31-26)19-3-2-12-28-16-19)30-25(36)18-5-8-21(9-6-18)34-14-11-24(35)33-27(34)37/h2-10,12-13,15-16H,11,14H2,1H3,(H,30,36)(H,29,31,32)(H,33,35,37). The Morgan fingerprint density at radius 3 is 2.62 bits per heavy atom. The number of benzene rings is 2. The van der Waals surface area contributed by atoms with Crippen molar-refractivity contribution in [1.29, 1.82) is 0 Å². The van der Waals surface area contributed by atoms with Gasteiger partial charge in [-0.1, -0.05) is 6.07 Å². The SMILES string of the molecule is Cc1ccc(NC(=O)c2ccc(N3CCC(=O)NC3=O)cc2)cc1Nc1nccc(-c2cccnc2)n1. The summed E-state index contributed by atoms with van der Waals surface area (Å²) in [5.41, 5.74) is 4.96. The lowest BCUT2D eigenvalue weighted by atomic mass is 10.1. The quantitative estimate of drug-likeness (QED) is 0.365. The summed E-state index contributed by atoms with van der Waals surface area (Å²) in [6, 6.07) is 17.3. The number of pyridine rings is 1. The van der Waals surface area contributed by atoms with Crippen LogP contribution in [0.15, 0.2) is 79.3 Å². The molecule has 4 aromatic rings. The van der Waals surface area contributed by atoms with Crippen LogP contribution in [0.4, 0.5) is 27.8 Å². The number of amides is 4. The third-order valence-electron chi connectivity index (χ3n) is 5.85. The molecule has 0 unspecified atom stereocenters. The van der Waals surface area contributed by atoms with Gasteiger partial charge in [-0.2, -0.15) is 0 Å². The van der Waals surface area contributed by atoms with E-state index in [1.165, 1.54) is 4.90 Å². The molecule has 3 N–H and O–H groups in total. The summed E-state index contributed by atoms with van der Waals surface area (Å²) in [6.07, 6.45) is 5.35. The van der Waals surface area contributed by atoms with E-state index in [0.29, 0.717) is 29.4 Å². The number of urea groups is 1. The molecule has 1 aliphatic rings. The number of aryl methyl sites for hydroxylation is 1. The molecule has 0 radical (unpaired) electrons. The van der Waals surface area contributed by atoms with E-state index in [4.69, 9.17) is 0 Å². The molecule has 0 spiro atoms. The summed E-state index contributed by atoms with van der Waals surface area (Å²) in [6.45, 7) is 2.24. The number of anilines is 4. The Morgan fingerprint density at radius 1 is 1.03 bits per heavy atom. The first-order chi connectivity index (χ1) is 18.0. The first kappa shape index (κ1) is 23.6. The van der Waals surface area contributed by atoms with Crippen LogP contribution in [0.1, 0.15) is 22.3 Å². The predicted molar refractivity (Wildman–Crippen MR) is 140 cm³/mol. The van der Waals surface area contributed by atoms with Crippen LogP contribution in [-0.4, -0.2) is 39.3 Å². The lowest BCUT2D eigenvalue weighted by Gasteiger charge is -2.26. The van der Waals surface area contributed by atoms with E-state index in [-0.39, 0.29) is 18.2 Å². The average molecular weight is 494 g/mol. The highest BCUT2D eigenvalue weighted by atomic mass is 16.2. The summed E-state index contributed by atoms with van der Waals surface area (Å²) in [5.74, 6) is -0.168. The zero-order chi connectivity index (χ0) is 25.8. The number of hydrogen-bond acceptors (Lipinski definition) is 7. The molecule has 3 heterocycles. The Morgan fingerprint density at radius 2 is 1.86 bits per heavy atom. The van der Waals surface area contributed by atoms with Gasteiger partial charge in [-0.25, -0.2) is 14.8 Å². The largest absolute Gasteiger partial charge is 0.328 e. The fourth-order valence-corrected chi connectivity index (χ4v) is 3.86. The third-order valence-corrected chi connectivity index (χ3v) is 5.85. The maximum Gasteiger partial charge on any atom is 0.328 e. The molecule has 4 amide bonds. The molecule has 1 aliphatic heterocycles. The van der Waals surface area contributed by atoms with Crippen LogP contribution in [0.5, 0.6) is 0 Å². The van der Waals surface area contributed by atoms with Gasteiger partial charge in [0.05, 0.1) is 5.69 Å². The van der Waals surface area contributed by atoms with E-state index in [1.54, 1.807) is 42.9 Å². The smallest absolute Gasteiger partial charge is 0.324 e. The minimum absolute atomic E-state index is 0.233. The first-order valence-corrected chi connectivity index (χ1v) is 11.6.